The van der Waals surface area contributed by atoms with E-state index >= 15 is 0 Å². The van der Waals surface area contributed by atoms with Crippen molar-refractivity contribution in [3.8, 4) is 0 Å². The van der Waals surface area contributed by atoms with E-state index < -0.39 is 14.9 Å². The second kappa shape index (κ2) is 4.04. The van der Waals surface area contributed by atoms with Crippen LogP contribution in [-0.4, -0.2) is 17.7 Å². The molecule has 80 valence electrons. The molecule has 4 saturated carbocycles. The van der Waals surface area contributed by atoms with Gasteiger partial charge in [-0.3, -0.25) is 0 Å². The molecule has 0 unspecified atom stereocenters. The maximum absolute atomic E-state index is 11.3. The summed E-state index contributed by atoms with van der Waals surface area (Å²) in [4.78, 5) is 0. The normalized spacial score (nSPS) is 47.7. The summed E-state index contributed by atoms with van der Waals surface area (Å²) in [6.07, 6.45) is 5.50. The van der Waals surface area contributed by atoms with Crippen LogP contribution in [-0.2, 0) is 10.1 Å². The minimum absolute atomic E-state index is 0. The van der Waals surface area contributed by atoms with Gasteiger partial charge in [-0.05, 0) is 56.3 Å². The van der Waals surface area contributed by atoms with Gasteiger partial charge in [0.1, 0.15) is 10.1 Å². The van der Waals surface area contributed by atoms with Gasteiger partial charge in [0.15, 0.2) is 0 Å². The molecule has 0 N–H and O–H groups in total. The molecule has 5 heteroatoms. The van der Waals surface area contributed by atoms with Gasteiger partial charge in [-0.25, -0.2) is 8.42 Å². The Kier molecular flexibility index (Phi) is 3.50. The second-order valence-electron chi connectivity index (χ2n) is 5.55. The van der Waals surface area contributed by atoms with Gasteiger partial charge in [-0.1, -0.05) is 0 Å². The van der Waals surface area contributed by atoms with Gasteiger partial charge >= 0.3 is 51.4 Å². The van der Waals surface area contributed by atoms with Crippen molar-refractivity contribution >= 4 is 10.1 Å². The first-order chi connectivity index (χ1) is 6.48. The fraction of sp³-hybridized carbons (Fsp3) is 1.00. The van der Waals surface area contributed by atoms with Gasteiger partial charge in [0.05, 0.1) is 4.75 Å². The first-order valence-corrected chi connectivity index (χ1v) is 6.85. The molecule has 0 saturated heterocycles. The largest absolute Gasteiger partial charge is 1.00 e. The summed E-state index contributed by atoms with van der Waals surface area (Å²) in [7, 11) is -4.07. The van der Waals surface area contributed by atoms with Crippen molar-refractivity contribution in [2.75, 3.05) is 0 Å². The molecule has 0 aromatic rings. The van der Waals surface area contributed by atoms with Crippen molar-refractivity contribution < 1.29 is 64.4 Å². The van der Waals surface area contributed by atoms with E-state index in [1.807, 2.05) is 0 Å². The molecular weight excluding hydrogens is 239 g/mol. The van der Waals surface area contributed by atoms with Crippen LogP contribution in [0.3, 0.4) is 0 Å². The topological polar surface area (TPSA) is 57.2 Å². The average molecular weight is 254 g/mol. The molecule has 0 radical (unpaired) electrons. The van der Waals surface area contributed by atoms with Crippen LogP contribution in [0.2, 0.25) is 0 Å². The molecule has 15 heavy (non-hydrogen) atoms. The summed E-state index contributed by atoms with van der Waals surface area (Å²) < 4.78 is 33.1. The predicted molar refractivity (Wildman–Crippen MR) is 50.6 cm³/mol. The van der Waals surface area contributed by atoms with E-state index in [1.165, 1.54) is 19.3 Å². The predicted octanol–water partition coefficient (Wildman–Crippen LogP) is -1.50. The van der Waals surface area contributed by atoms with Crippen molar-refractivity contribution in [1.29, 1.82) is 0 Å². The van der Waals surface area contributed by atoms with Crippen LogP contribution in [0.25, 0.3) is 0 Å². The zero-order valence-electron chi connectivity index (χ0n) is 9.11. The van der Waals surface area contributed by atoms with Crippen LogP contribution in [0.4, 0.5) is 0 Å². The Labute approximate surface area is 134 Å². The Bertz CT molecular complexity index is 328. The van der Waals surface area contributed by atoms with E-state index in [-0.39, 0.29) is 51.4 Å². The summed E-state index contributed by atoms with van der Waals surface area (Å²) in [5.41, 5.74) is 0. The standard InChI is InChI=1S/C10H16O3S.K/c11-14(12,13)10-4-7-1-8(5-10)3-9(2-7)6-10;/h7-9H,1-6H2,(H,11,12,13);/q;+1/p-1. The van der Waals surface area contributed by atoms with Crippen LogP contribution in [0, 0.1) is 17.8 Å². The maximum Gasteiger partial charge on any atom is 1.00 e. The van der Waals surface area contributed by atoms with E-state index in [4.69, 9.17) is 0 Å². The minimum Gasteiger partial charge on any atom is -0.748 e. The van der Waals surface area contributed by atoms with Crippen LogP contribution in [0.5, 0.6) is 0 Å². The minimum atomic E-state index is -4.07. The molecular formula is C10H15KO3S. The molecule has 4 aliphatic rings. The van der Waals surface area contributed by atoms with E-state index in [0.29, 0.717) is 37.0 Å². The van der Waals surface area contributed by atoms with Crippen LogP contribution >= 0.6 is 0 Å². The Hall–Kier alpha value is 1.55. The van der Waals surface area contributed by atoms with Crippen LogP contribution < -0.4 is 51.4 Å². The Balaban J connectivity index is 0.000000853. The fourth-order valence-electron chi connectivity index (χ4n) is 4.34. The summed E-state index contributed by atoms with van der Waals surface area (Å²) in [6, 6.07) is 0. The quantitative estimate of drug-likeness (QED) is 0.423. The van der Waals surface area contributed by atoms with Crippen LogP contribution in [0.1, 0.15) is 38.5 Å². The molecule has 4 aliphatic carbocycles. The van der Waals surface area contributed by atoms with Gasteiger partial charge in [0.2, 0.25) is 0 Å². The zero-order chi connectivity index (χ0) is 9.97. The maximum atomic E-state index is 11.3. The molecule has 3 nitrogen and oxygen atoms in total. The van der Waals surface area contributed by atoms with E-state index in [2.05, 4.69) is 0 Å². The number of rotatable bonds is 1. The van der Waals surface area contributed by atoms with Crippen molar-refractivity contribution in [2.45, 2.75) is 43.3 Å². The second-order valence-corrected chi connectivity index (χ2v) is 7.33. The zero-order valence-corrected chi connectivity index (χ0v) is 13.0. The third-order valence-electron chi connectivity index (χ3n) is 4.51. The fourth-order valence-corrected chi connectivity index (χ4v) is 5.66. The molecule has 4 rings (SSSR count). The summed E-state index contributed by atoms with van der Waals surface area (Å²) in [5.74, 6) is 1.60. The Morgan fingerprint density at radius 1 is 0.933 bits per heavy atom. The van der Waals surface area contributed by atoms with Gasteiger partial charge in [-0.15, -0.1) is 0 Å². The van der Waals surface area contributed by atoms with E-state index in [9.17, 15) is 13.0 Å². The third-order valence-corrected chi connectivity index (χ3v) is 6.07. The molecule has 4 fully saturated rings. The smallest absolute Gasteiger partial charge is 0.748 e. The van der Waals surface area contributed by atoms with Crippen molar-refractivity contribution in [1.82, 2.24) is 0 Å². The first-order valence-electron chi connectivity index (χ1n) is 5.44. The Morgan fingerprint density at radius 3 is 1.53 bits per heavy atom. The molecule has 0 heterocycles. The number of hydrogen-bond donors (Lipinski definition) is 0. The van der Waals surface area contributed by atoms with E-state index in [0.717, 1.165) is 0 Å². The molecule has 0 amide bonds. The molecule has 4 bridgehead atoms. The first kappa shape index (κ1) is 13.0. The molecule has 0 spiro atoms. The summed E-state index contributed by atoms with van der Waals surface area (Å²) in [5, 5.41) is 0. The van der Waals surface area contributed by atoms with Gasteiger partial charge in [0, 0.05) is 0 Å². The van der Waals surface area contributed by atoms with Gasteiger partial charge < -0.3 is 4.55 Å². The monoisotopic (exact) mass is 254 g/mol. The van der Waals surface area contributed by atoms with E-state index in [1.54, 1.807) is 0 Å². The SMILES string of the molecule is O=S(=O)([O-])C12CC3CC(CC(C3)C1)C2.[K+]. The summed E-state index contributed by atoms with van der Waals surface area (Å²) >= 11 is 0. The molecule has 0 atom stereocenters. The van der Waals surface area contributed by atoms with Crippen molar-refractivity contribution in [3.05, 3.63) is 0 Å². The van der Waals surface area contributed by atoms with Crippen molar-refractivity contribution in [3.63, 3.8) is 0 Å². The van der Waals surface area contributed by atoms with Crippen LogP contribution in [0.15, 0.2) is 0 Å². The Morgan fingerprint density at radius 2 is 1.27 bits per heavy atom. The number of hydrogen-bond acceptors (Lipinski definition) is 3. The molecule has 0 aromatic heterocycles. The van der Waals surface area contributed by atoms with Crippen molar-refractivity contribution in [2.24, 2.45) is 17.8 Å². The third kappa shape index (κ3) is 2.02. The van der Waals surface area contributed by atoms with Gasteiger partial charge in [-0.2, -0.15) is 0 Å². The molecule has 0 aromatic carbocycles. The summed E-state index contributed by atoms with van der Waals surface area (Å²) in [6.45, 7) is 0. The molecule has 0 aliphatic heterocycles. The average Bonchev–Trinajstić information content (AvgIpc) is 1.98. The van der Waals surface area contributed by atoms with Gasteiger partial charge in [0.25, 0.3) is 0 Å².